The topological polar surface area (TPSA) is 90.5 Å². The summed E-state index contributed by atoms with van der Waals surface area (Å²) in [5.41, 5.74) is 6.10. The zero-order valence-corrected chi connectivity index (χ0v) is 51.5. The Labute approximate surface area is 522 Å². The number of urea groups is 1. The fourth-order valence-corrected chi connectivity index (χ4v) is 31.1. The van der Waals surface area contributed by atoms with Crippen LogP contribution in [0.15, 0.2) is 0 Å². The molecule has 1 atom stereocenters. The van der Waals surface area contributed by atoms with Gasteiger partial charge in [-0.3, -0.25) is 4.90 Å². The number of carbonyl (C=O) groups excluding carboxylic acids is 1. The van der Waals surface area contributed by atoms with Crippen LogP contribution in [-0.4, -0.2) is 98.2 Å². The Morgan fingerprint density at radius 3 is 0.978 bits per heavy atom. The number of rotatable bonds is 20. The van der Waals surface area contributed by atoms with Crippen molar-refractivity contribution in [3.8, 4) is 0 Å². The predicted molar refractivity (Wildman–Crippen MR) is 383 cm³/mol. The van der Waals surface area contributed by atoms with Crippen molar-refractivity contribution in [2.24, 2.45) is 0 Å². The van der Waals surface area contributed by atoms with E-state index in [4.69, 9.17) is 22.8 Å². The third kappa shape index (κ3) is 3.13. The molecule has 93 heavy (non-hydrogen) atoms. The van der Waals surface area contributed by atoms with Crippen LogP contribution in [0.1, 0.15) is 49.4 Å². The summed E-state index contributed by atoms with van der Waals surface area (Å²) < 4.78 is 31.1. The number of nitrogens with zero attached hydrogens (tertiary/aromatic N) is 1. The van der Waals surface area contributed by atoms with Gasteiger partial charge in [-0.15, -0.1) is 0 Å². The molecule has 2 amide bonds. The van der Waals surface area contributed by atoms with Crippen molar-refractivity contribution in [1.82, 2.24) is 15.5 Å². The standard InChI is InChI=1S/C83H42N3O6Si/c1-4-90-93(91-5-2,92-6-3)19-9-12-84-81(87)85-13-15-88-17-18-89-16-14-86-20-82-76-68-60-50-40-32-24-22-23-26-30-28(24)36-44-38(30)48-42-34(26)35-27(23)31-29-25(22)33(32)41-47-37(29)45-39(31)49-43(35)53-52(42)64-58(48)66-56(44)62(54(60)46(36)40)70(76)72(66)78-74(64)75-65(53)59(49)67-57(45)63-55(47)61(51(41)50)69(68)77(82)71(63)73(67)79(75)83(78,82)80(86)21-10-7-8-11-21/h7-8,10-11,80H,4-6,9,12-20H2,1-3H3,(H2,84,85,87). The van der Waals surface area contributed by atoms with Gasteiger partial charge >= 0.3 is 14.8 Å². The second kappa shape index (κ2) is 11.9. The molecular formula is C83H42N3O6Si. The Balaban J connectivity index is 0.649. The van der Waals surface area contributed by atoms with Gasteiger partial charge in [0, 0.05) is 64.0 Å². The van der Waals surface area contributed by atoms with Crippen LogP contribution in [0.4, 0.5) is 4.79 Å². The van der Waals surface area contributed by atoms with E-state index in [9.17, 15) is 4.79 Å². The molecule has 2 spiro atoms. The van der Waals surface area contributed by atoms with Gasteiger partial charge < -0.3 is 33.4 Å². The largest absolute Gasteiger partial charge is 0.500 e. The quantitative estimate of drug-likeness (QED) is 0.0446. The number of benzene rings is 18. The van der Waals surface area contributed by atoms with E-state index in [2.05, 4.69) is 41.2 Å². The summed E-state index contributed by atoms with van der Waals surface area (Å²) in [6.45, 7) is 12.2. The summed E-state index contributed by atoms with van der Waals surface area (Å²) in [6.07, 6.45) is 10.5. The second-order valence-electron chi connectivity index (χ2n) is 31.0. The lowest BCUT2D eigenvalue weighted by Crippen LogP contribution is -2.56. The molecule has 0 aromatic heterocycles. The number of likely N-dealkylation sites (tertiary alicyclic amines) is 1. The third-order valence-electron chi connectivity index (χ3n) is 29.3. The molecule has 1 heterocycles. The summed E-state index contributed by atoms with van der Waals surface area (Å²) in [6, 6.07) is 0.518. The fourth-order valence-electron chi connectivity index (χ4n) is 28.5. The van der Waals surface area contributed by atoms with Crippen molar-refractivity contribution in [3.63, 3.8) is 0 Å². The lowest BCUT2D eigenvalue weighted by Gasteiger charge is -2.53. The summed E-state index contributed by atoms with van der Waals surface area (Å²) in [5.74, 6) is 1.46. The van der Waals surface area contributed by atoms with E-state index in [1.54, 1.807) is 313 Å². The van der Waals surface area contributed by atoms with Crippen LogP contribution in [0, 0.1) is 31.6 Å². The molecule has 2 N–H and O–H groups in total. The molecule has 1 saturated carbocycles. The van der Waals surface area contributed by atoms with E-state index in [-0.39, 0.29) is 17.5 Å². The maximum absolute atomic E-state index is 12.9. The smallest absolute Gasteiger partial charge is 0.378 e. The van der Waals surface area contributed by atoms with E-state index in [0.29, 0.717) is 71.8 Å². The summed E-state index contributed by atoms with van der Waals surface area (Å²) in [4.78, 5) is 15.9. The molecule has 5 aliphatic carbocycles. The average molecular weight is 1210 g/mol. The van der Waals surface area contributed by atoms with Crippen LogP contribution in [0.3, 0.4) is 0 Å². The second-order valence-corrected chi connectivity index (χ2v) is 33.8. The molecule has 2 fully saturated rings. The molecule has 28 aromatic carbocycles. The Hall–Kier alpha value is -8.29. The fraction of sp³-hybridized carbons (Fsp3) is 0.229. The first kappa shape index (κ1) is 43.6. The van der Waals surface area contributed by atoms with E-state index in [1.807, 2.05) is 20.8 Å². The van der Waals surface area contributed by atoms with Crippen molar-refractivity contribution in [1.29, 1.82) is 0 Å². The number of hydrogen-bond acceptors (Lipinski definition) is 7. The lowest BCUT2D eigenvalue weighted by atomic mass is 9.47. The Kier molecular flexibility index (Phi) is 5.56. The zero-order chi connectivity index (χ0) is 58.3. The molecular weight excluding hydrogens is 1160 g/mol. The molecule has 9 nitrogen and oxygen atoms in total. The normalized spacial score (nSPS) is 22.2. The highest BCUT2D eigenvalue weighted by Gasteiger charge is 2.77. The third-order valence-corrected chi connectivity index (χ3v) is 32.4. The molecule has 1 saturated heterocycles. The van der Waals surface area contributed by atoms with E-state index in [0.717, 1.165) is 13.1 Å². The van der Waals surface area contributed by atoms with Crippen molar-refractivity contribution in [3.05, 3.63) is 53.9 Å². The van der Waals surface area contributed by atoms with Crippen LogP contribution in [0.25, 0.3) is 291 Å². The van der Waals surface area contributed by atoms with Gasteiger partial charge in [-0.05, 0) is 366 Å². The van der Waals surface area contributed by atoms with Gasteiger partial charge in [0.15, 0.2) is 0 Å². The zero-order valence-electron chi connectivity index (χ0n) is 50.5. The minimum absolute atomic E-state index is 0.0592. The van der Waals surface area contributed by atoms with Crippen LogP contribution >= 0.6 is 0 Å². The number of amides is 2. The molecule has 1 unspecified atom stereocenters. The first-order chi connectivity index (χ1) is 46.1. The molecule has 34 rings (SSSR count). The minimum atomic E-state index is -2.76. The highest BCUT2D eigenvalue weighted by atomic mass is 28.4. The SMILES string of the molecule is CCO[Si](CCCNC(=O)NCCOCCOCCN1CC23c4c5c6c7c8c9c(c%10c%11c2c2c4c4c%12c5c5c6c6c8c8c%13c9c9c%10c%10c%11c%11c2c2c4c4c%12c%12c5c5c6c8c6c8c%13c9c9c%10c%10c%11c2c2c4c4c%12c5c6c5c8c9c%10c2c45)C73C1[C]1[CH][CH][CH][CH]1)(OCC)OCC. The monoisotopic (exact) mass is 1200 g/mol. The van der Waals surface area contributed by atoms with E-state index < -0.39 is 14.2 Å². The van der Waals surface area contributed by atoms with Crippen LogP contribution in [-0.2, 0) is 33.6 Å². The van der Waals surface area contributed by atoms with Gasteiger partial charge in [-0.25, -0.2) is 4.79 Å². The van der Waals surface area contributed by atoms with Gasteiger partial charge in [0.2, 0.25) is 0 Å². The molecule has 429 valence electrons. The van der Waals surface area contributed by atoms with Gasteiger partial charge in [-0.2, -0.15) is 0 Å². The van der Waals surface area contributed by atoms with Crippen molar-refractivity contribution >= 4 is 306 Å². The maximum Gasteiger partial charge on any atom is 0.500 e. The number of carbonyl (C=O) groups is 1. The molecule has 28 aromatic rings. The van der Waals surface area contributed by atoms with Crippen molar-refractivity contribution in [2.45, 2.75) is 50.1 Å². The van der Waals surface area contributed by atoms with Gasteiger partial charge in [0.1, 0.15) is 0 Å². The molecule has 5 radical (unpaired) electrons. The first-order valence-corrected chi connectivity index (χ1v) is 36.8. The molecule has 6 aliphatic rings. The summed E-state index contributed by atoms with van der Waals surface area (Å²) in [5, 5.41) is 94.5. The number of ether oxygens (including phenoxy) is 2. The van der Waals surface area contributed by atoms with Crippen LogP contribution in [0.5, 0.6) is 0 Å². The maximum atomic E-state index is 12.9. The van der Waals surface area contributed by atoms with E-state index >= 15 is 0 Å². The molecule has 0 bridgehead atoms. The lowest BCUT2D eigenvalue weighted by molar-refractivity contribution is 0.0384. The van der Waals surface area contributed by atoms with Gasteiger partial charge in [0.25, 0.3) is 0 Å². The molecule has 1 aliphatic heterocycles. The number of hydrogen-bond donors (Lipinski definition) is 2. The Morgan fingerprint density at radius 1 is 0.387 bits per heavy atom. The first-order valence-electron chi connectivity index (χ1n) is 34.9. The summed E-state index contributed by atoms with van der Waals surface area (Å²) in [7, 11) is -2.76. The number of nitrogens with one attached hydrogen (secondary N) is 2. The van der Waals surface area contributed by atoms with Crippen molar-refractivity contribution in [2.75, 3.05) is 72.4 Å². The average Bonchev–Trinajstić information content (AvgIpc) is 1.38. The highest BCUT2D eigenvalue weighted by Crippen LogP contribution is 2.86. The Morgan fingerprint density at radius 2 is 0.667 bits per heavy atom. The highest BCUT2D eigenvalue weighted by molar-refractivity contribution is 6.82. The molecule has 10 heteroatoms. The Bertz CT molecular complexity index is 7620. The van der Waals surface area contributed by atoms with Crippen LogP contribution < -0.4 is 10.6 Å². The van der Waals surface area contributed by atoms with Gasteiger partial charge in [-0.1, -0.05) is 0 Å². The van der Waals surface area contributed by atoms with Gasteiger partial charge in [0.05, 0.1) is 37.3 Å². The minimum Gasteiger partial charge on any atom is -0.378 e. The predicted octanol–water partition coefficient (Wildman–Crippen LogP) is 18.2. The van der Waals surface area contributed by atoms with Crippen LogP contribution in [0.2, 0.25) is 6.04 Å². The summed E-state index contributed by atoms with van der Waals surface area (Å²) >= 11 is 0. The van der Waals surface area contributed by atoms with E-state index in [1.165, 1.54) is 5.92 Å². The van der Waals surface area contributed by atoms with Crippen molar-refractivity contribution < 1.29 is 27.5 Å².